The van der Waals surface area contributed by atoms with Crippen molar-refractivity contribution in [1.29, 1.82) is 0 Å². The summed E-state index contributed by atoms with van der Waals surface area (Å²) < 4.78 is 3.10. The van der Waals surface area contributed by atoms with Gasteiger partial charge >= 0.3 is 5.69 Å². The summed E-state index contributed by atoms with van der Waals surface area (Å²) in [7, 11) is 0. The van der Waals surface area contributed by atoms with E-state index in [0.717, 1.165) is 9.44 Å². The fourth-order valence-electron chi connectivity index (χ4n) is 2.69. The van der Waals surface area contributed by atoms with Crippen molar-refractivity contribution in [2.45, 2.75) is 6.54 Å². The molecule has 1 aromatic heterocycles. The minimum absolute atomic E-state index is 0.241. The summed E-state index contributed by atoms with van der Waals surface area (Å²) in [5.41, 5.74) is -0.578. The smallest absolute Gasteiger partial charge is 0.327 e. The van der Waals surface area contributed by atoms with Gasteiger partial charge < -0.3 is 4.57 Å². The molecule has 0 aliphatic carbocycles. The Labute approximate surface area is 171 Å². The van der Waals surface area contributed by atoms with Gasteiger partial charge in [-0.2, -0.15) is 4.98 Å². The number of halogens is 3. The van der Waals surface area contributed by atoms with Crippen molar-refractivity contribution >= 4 is 46.1 Å². The van der Waals surface area contributed by atoms with Crippen LogP contribution in [0.5, 0.6) is 0 Å². The second-order valence-electron chi connectivity index (χ2n) is 5.59. The van der Waals surface area contributed by atoms with Crippen LogP contribution in [0.15, 0.2) is 52.3 Å². The van der Waals surface area contributed by atoms with E-state index in [0.29, 0.717) is 27.3 Å². The standard InChI is InChI=1S/C17H9Cl3N4O2S/c18-12-4-3-9(6-13(12)19)24-15(25)11-2-1-5-23(14(11)22-17(24)26)8-10-7-21-16(20)27-10/h1-7H,8H2. The first-order valence-electron chi connectivity index (χ1n) is 7.62. The summed E-state index contributed by atoms with van der Waals surface area (Å²) in [6, 6.07) is 7.86. The number of rotatable bonds is 3. The van der Waals surface area contributed by atoms with Crippen LogP contribution in [-0.2, 0) is 6.54 Å². The molecule has 0 saturated carbocycles. The Morgan fingerprint density at radius 1 is 1.07 bits per heavy atom. The maximum Gasteiger partial charge on any atom is 0.357 e. The van der Waals surface area contributed by atoms with E-state index in [4.69, 9.17) is 34.8 Å². The quantitative estimate of drug-likeness (QED) is 0.484. The highest BCUT2D eigenvalue weighted by Crippen LogP contribution is 2.24. The lowest BCUT2D eigenvalue weighted by Gasteiger charge is -2.14. The van der Waals surface area contributed by atoms with Gasteiger partial charge in [0.15, 0.2) is 10.3 Å². The molecule has 2 aliphatic heterocycles. The van der Waals surface area contributed by atoms with Crippen LogP contribution in [-0.4, -0.2) is 19.1 Å². The molecule has 2 aliphatic rings. The predicted molar refractivity (Wildman–Crippen MR) is 107 cm³/mol. The van der Waals surface area contributed by atoms with Gasteiger partial charge in [0.2, 0.25) is 0 Å². The zero-order valence-electron chi connectivity index (χ0n) is 13.4. The zero-order chi connectivity index (χ0) is 19.1. The number of pyridine rings is 1. The number of benzene rings is 1. The molecule has 6 nitrogen and oxygen atoms in total. The largest absolute Gasteiger partial charge is 0.357 e. The zero-order valence-corrected chi connectivity index (χ0v) is 16.5. The SMILES string of the molecule is O=c1nc2n(Cc3cnc(Cl)s3)cccc-2c(=O)n1-c1ccc(Cl)c(Cl)c1. The van der Waals surface area contributed by atoms with Gasteiger partial charge in [-0.3, -0.25) is 4.79 Å². The number of hydrogen-bond acceptors (Lipinski definition) is 5. The molecule has 0 bridgehead atoms. The van der Waals surface area contributed by atoms with Crippen molar-refractivity contribution in [3.63, 3.8) is 0 Å². The molecule has 0 amide bonds. The van der Waals surface area contributed by atoms with E-state index in [2.05, 4.69) is 9.97 Å². The highest BCUT2D eigenvalue weighted by Gasteiger charge is 2.19. The van der Waals surface area contributed by atoms with E-state index in [1.54, 1.807) is 35.2 Å². The van der Waals surface area contributed by atoms with Crippen LogP contribution in [0.4, 0.5) is 0 Å². The molecule has 0 atom stereocenters. The Balaban J connectivity index is 1.89. The van der Waals surface area contributed by atoms with Crippen molar-refractivity contribution < 1.29 is 0 Å². The Morgan fingerprint density at radius 3 is 2.59 bits per heavy atom. The van der Waals surface area contributed by atoms with Crippen LogP contribution < -0.4 is 11.2 Å². The van der Waals surface area contributed by atoms with E-state index >= 15 is 0 Å². The molecular formula is C17H9Cl3N4O2S. The maximum absolute atomic E-state index is 13.0. The predicted octanol–water partition coefficient (Wildman–Crippen LogP) is 3.96. The molecule has 4 rings (SSSR count). The first-order chi connectivity index (χ1) is 12.9. The van der Waals surface area contributed by atoms with Crippen LogP contribution in [0.1, 0.15) is 4.88 Å². The molecule has 136 valence electrons. The van der Waals surface area contributed by atoms with Gasteiger partial charge in [-0.05, 0) is 30.3 Å². The molecule has 1 aromatic carbocycles. The minimum Gasteiger partial charge on any atom is -0.327 e. The van der Waals surface area contributed by atoms with E-state index in [-0.39, 0.29) is 10.8 Å². The van der Waals surface area contributed by atoms with Gasteiger partial charge in [0.05, 0.1) is 27.8 Å². The molecule has 0 unspecified atom stereocenters. The van der Waals surface area contributed by atoms with Crippen molar-refractivity contribution in [3.05, 3.63) is 83.0 Å². The third kappa shape index (κ3) is 3.39. The molecule has 27 heavy (non-hydrogen) atoms. The van der Waals surface area contributed by atoms with Crippen molar-refractivity contribution in [2.75, 3.05) is 0 Å². The van der Waals surface area contributed by atoms with Crippen molar-refractivity contribution in [2.24, 2.45) is 0 Å². The summed E-state index contributed by atoms with van der Waals surface area (Å²) in [6.07, 6.45) is 3.39. The van der Waals surface area contributed by atoms with E-state index < -0.39 is 11.2 Å². The average Bonchev–Trinajstić information content (AvgIpc) is 3.04. The summed E-state index contributed by atoms with van der Waals surface area (Å²) in [4.78, 5) is 34.5. The molecule has 0 saturated heterocycles. The topological polar surface area (TPSA) is 69.8 Å². The van der Waals surface area contributed by atoms with E-state index in [9.17, 15) is 9.59 Å². The molecule has 10 heteroatoms. The second kappa shape index (κ2) is 7.09. The third-order valence-corrected chi connectivity index (χ3v) is 5.72. The van der Waals surface area contributed by atoms with Crippen LogP contribution in [0.2, 0.25) is 14.5 Å². The van der Waals surface area contributed by atoms with Gasteiger partial charge in [-0.15, -0.1) is 11.3 Å². The number of thiazole rings is 1. The Bertz CT molecular complexity index is 1250. The number of aromatic nitrogens is 4. The molecule has 2 aromatic rings. The highest BCUT2D eigenvalue weighted by molar-refractivity contribution is 7.15. The summed E-state index contributed by atoms with van der Waals surface area (Å²) in [5, 5.41) is 0.571. The lowest BCUT2D eigenvalue weighted by atomic mass is 10.2. The Kier molecular flexibility index (Phi) is 4.77. The monoisotopic (exact) mass is 438 g/mol. The molecule has 0 spiro atoms. The molecule has 0 N–H and O–H groups in total. The van der Waals surface area contributed by atoms with Gasteiger partial charge in [0, 0.05) is 17.3 Å². The number of hydrogen-bond donors (Lipinski definition) is 0. The highest BCUT2D eigenvalue weighted by atomic mass is 35.5. The van der Waals surface area contributed by atoms with Crippen molar-refractivity contribution in [1.82, 2.24) is 19.1 Å². The first-order valence-corrected chi connectivity index (χ1v) is 9.57. The van der Waals surface area contributed by atoms with Crippen LogP contribution in [0.3, 0.4) is 0 Å². The lowest BCUT2D eigenvalue weighted by molar-refractivity contribution is 0.759. The lowest BCUT2D eigenvalue weighted by Crippen LogP contribution is -2.36. The molecular weight excluding hydrogens is 431 g/mol. The van der Waals surface area contributed by atoms with Gasteiger partial charge in [-0.1, -0.05) is 34.8 Å². The normalized spacial score (nSPS) is 11.2. The minimum atomic E-state index is -0.701. The fourth-order valence-corrected chi connectivity index (χ4v) is 3.96. The van der Waals surface area contributed by atoms with E-state index in [1.807, 2.05) is 0 Å². The summed E-state index contributed by atoms with van der Waals surface area (Å²) in [5.74, 6) is 0.285. The summed E-state index contributed by atoms with van der Waals surface area (Å²) in [6.45, 7) is 0.393. The third-order valence-electron chi connectivity index (χ3n) is 3.88. The van der Waals surface area contributed by atoms with E-state index in [1.165, 1.54) is 23.5 Å². The molecule has 0 radical (unpaired) electrons. The van der Waals surface area contributed by atoms with Crippen LogP contribution >= 0.6 is 46.1 Å². The fraction of sp³-hybridized carbons (Fsp3) is 0.0588. The molecule has 0 fully saturated rings. The Hall–Kier alpha value is -2.19. The van der Waals surface area contributed by atoms with Crippen LogP contribution in [0, 0.1) is 0 Å². The average molecular weight is 440 g/mol. The molecule has 3 heterocycles. The Morgan fingerprint density at radius 2 is 1.89 bits per heavy atom. The van der Waals surface area contributed by atoms with Crippen LogP contribution in [0.25, 0.3) is 17.1 Å². The number of nitrogens with zero attached hydrogens (tertiary/aromatic N) is 4. The van der Waals surface area contributed by atoms with Crippen molar-refractivity contribution in [3.8, 4) is 17.1 Å². The summed E-state index contributed by atoms with van der Waals surface area (Å²) >= 11 is 19.1. The first kappa shape index (κ1) is 18.2. The van der Waals surface area contributed by atoms with Gasteiger partial charge in [0.25, 0.3) is 5.56 Å². The number of fused-ring (bicyclic) bond motifs is 1. The maximum atomic E-state index is 13.0. The second-order valence-corrected chi connectivity index (χ2v) is 8.10. The van der Waals surface area contributed by atoms with Gasteiger partial charge in [0.1, 0.15) is 0 Å². The van der Waals surface area contributed by atoms with Gasteiger partial charge in [-0.25, -0.2) is 14.3 Å².